The number of halogens is 1. The third-order valence-electron chi connectivity index (χ3n) is 3.25. The molecule has 0 saturated carbocycles. The second-order valence-electron chi connectivity index (χ2n) is 5.51. The van der Waals surface area contributed by atoms with Crippen molar-refractivity contribution in [2.45, 2.75) is 6.54 Å². The van der Waals surface area contributed by atoms with Crippen LogP contribution in [0, 0.1) is 0 Å². The maximum atomic E-state index is 12.0. The molecule has 0 fully saturated rings. The number of nitrogens with one attached hydrogen (secondary N) is 3. The van der Waals surface area contributed by atoms with Gasteiger partial charge >= 0.3 is 0 Å². The van der Waals surface area contributed by atoms with Gasteiger partial charge in [0.1, 0.15) is 0 Å². The Morgan fingerprint density at radius 1 is 1.04 bits per heavy atom. The number of hydrogen-bond acceptors (Lipinski definition) is 4. The molecule has 26 heavy (non-hydrogen) atoms. The van der Waals surface area contributed by atoms with Gasteiger partial charge in [-0.3, -0.25) is 14.3 Å². The second kappa shape index (κ2) is 8.68. The Labute approximate surface area is 156 Å². The lowest BCUT2D eigenvalue weighted by atomic mass is 10.2. The molecule has 2 aromatic carbocycles. The number of benzene rings is 2. The molecule has 0 unspecified atom stereocenters. The SMILES string of the molecule is CS(=O)(=O)Nc1cccc(CNC(=O)CNC(=O)c2ccccc2Cl)c1. The van der Waals surface area contributed by atoms with E-state index in [9.17, 15) is 18.0 Å². The number of rotatable bonds is 7. The first-order valence-electron chi connectivity index (χ1n) is 7.61. The minimum absolute atomic E-state index is 0.195. The van der Waals surface area contributed by atoms with Crippen molar-refractivity contribution in [2.24, 2.45) is 0 Å². The summed E-state index contributed by atoms with van der Waals surface area (Å²) < 4.78 is 24.8. The number of hydrogen-bond donors (Lipinski definition) is 3. The highest BCUT2D eigenvalue weighted by Gasteiger charge is 2.11. The Morgan fingerprint density at radius 2 is 1.77 bits per heavy atom. The molecule has 138 valence electrons. The van der Waals surface area contributed by atoms with E-state index in [1.165, 1.54) is 0 Å². The van der Waals surface area contributed by atoms with Gasteiger partial charge in [0, 0.05) is 12.2 Å². The average molecular weight is 396 g/mol. The Bertz CT molecular complexity index is 916. The Hall–Kier alpha value is -2.58. The summed E-state index contributed by atoms with van der Waals surface area (Å²) in [5.41, 5.74) is 1.41. The Kier molecular flexibility index (Phi) is 6.59. The summed E-state index contributed by atoms with van der Waals surface area (Å²) in [6.07, 6.45) is 1.06. The van der Waals surface area contributed by atoms with Crippen LogP contribution in [-0.4, -0.2) is 33.0 Å². The van der Waals surface area contributed by atoms with E-state index < -0.39 is 15.9 Å². The third kappa shape index (κ3) is 6.38. The van der Waals surface area contributed by atoms with Crippen LogP contribution < -0.4 is 15.4 Å². The van der Waals surface area contributed by atoms with Crippen LogP contribution in [0.4, 0.5) is 5.69 Å². The van der Waals surface area contributed by atoms with Crippen molar-refractivity contribution in [3.63, 3.8) is 0 Å². The van der Waals surface area contributed by atoms with E-state index in [2.05, 4.69) is 15.4 Å². The molecule has 0 saturated heterocycles. The van der Waals surface area contributed by atoms with E-state index >= 15 is 0 Å². The number of sulfonamides is 1. The molecule has 0 aliphatic heterocycles. The van der Waals surface area contributed by atoms with Crippen LogP contribution in [0.1, 0.15) is 15.9 Å². The minimum atomic E-state index is -3.37. The fourth-order valence-electron chi connectivity index (χ4n) is 2.12. The summed E-state index contributed by atoms with van der Waals surface area (Å²) >= 11 is 5.93. The van der Waals surface area contributed by atoms with E-state index in [0.29, 0.717) is 21.8 Å². The summed E-state index contributed by atoms with van der Waals surface area (Å²) in [7, 11) is -3.37. The number of anilines is 1. The van der Waals surface area contributed by atoms with Gasteiger partial charge in [0.25, 0.3) is 5.91 Å². The van der Waals surface area contributed by atoms with Crippen LogP contribution in [0.3, 0.4) is 0 Å². The van der Waals surface area contributed by atoms with Gasteiger partial charge in [0.2, 0.25) is 15.9 Å². The average Bonchev–Trinajstić information content (AvgIpc) is 2.57. The van der Waals surface area contributed by atoms with Gasteiger partial charge in [0.05, 0.1) is 23.4 Å². The summed E-state index contributed by atoms with van der Waals surface area (Å²) in [5.74, 6) is -0.822. The predicted octanol–water partition coefficient (Wildman–Crippen LogP) is 1.76. The summed E-state index contributed by atoms with van der Waals surface area (Å²) in [6.45, 7) is -0.00852. The first-order chi connectivity index (χ1) is 12.2. The van der Waals surface area contributed by atoms with E-state index in [4.69, 9.17) is 11.6 Å². The highest BCUT2D eigenvalue weighted by atomic mass is 35.5. The highest BCUT2D eigenvalue weighted by molar-refractivity contribution is 7.92. The van der Waals surface area contributed by atoms with Gasteiger partial charge in [-0.2, -0.15) is 0 Å². The Balaban J connectivity index is 1.85. The fourth-order valence-corrected chi connectivity index (χ4v) is 2.90. The smallest absolute Gasteiger partial charge is 0.253 e. The summed E-state index contributed by atoms with van der Waals surface area (Å²) in [5, 5.41) is 5.44. The van der Waals surface area contributed by atoms with Gasteiger partial charge < -0.3 is 10.6 Å². The van der Waals surface area contributed by atoms with Crippen molar-refractivity contribution in [2.75, 3.05) is 17.5 Å². The normalized spacial score (nSPS) is 10.8. The van der Waals surface area contributed by atoms with E-state index in [-0.39, 0.29) is 19.0 Å². The molecule has 7 nitrogen and oxygen atoms in total. The molecule has 2 rings (SSSR count). The van der Waals surface area contributed by atoms with Crippen LogP contribution in [0.15, 0.2) is 48.5 Å². The van der Waals surface area contributed by atoms with Crippen LogP contribution in [0.5, 0.6) is 0 Å². The molecule has 0 aromatic heterocycles. The molecule has 2 aromatic rings. The zero-order valence-electron chi connectivity index (χ0n) is 14.0. The van der Waals surface area contributed by atoms with Crippen molar-refractivity contribution in [1.29, 1.82) is 0 Å². The molecule has 0 aliphatic rings. The standard InChI is InChI=1S/C17H18ClN3O4S/c1-26(24,25)21-13-6-4-5-12(9-13)10-19-16(22)11-20-17(23)14-7-2-3-8-15(14)18/h2-9,21H,10-11H2,1H3,(H,19,22)(H,20,23). The number of carbonyl (C=O) groups is 2. The van der Waals surface area contributed by atoms with Crippen molar-refractivity contribution in [3.8, 4) is 0 Å². The lowest BCUT2D eigenvalue weighted by Crippen LogP contribution is -2.36. The number of carbonyl (C=O) groups excluding carboxylic acids is 2. The highest BCUT2D eigenvalue weighted by Crippen LogP contribution is 2.14. The summed E-state index contributed by atoms with van der Waals surface area (Å²) in [6, 6.07) is 13.2. The van der Waals surface area contributed by atoms with E-state index in [1.54, 1.807) is 48.5 Å². The zero-order chi connectivity index (χ0) is 19.2. The molecular formula is C17H18ClN3O4S. The molecule has 0 bridgehead atoms. The lowest BCUT2D eigenvalue weighted by molar-refractivity contribution is -0.120. The maximum Gasteiger partial charge on any atom is 0.253 e. The van der Waals surface area contributed by atoms with E-state index in [0.717, 1.165) is 6.26 Å². The van der Waals surface area contributed by atoms with E-state index in [1.807, 2.05) is 0 Å². The molecule has 2 amide bonds. The fraction of sp³-hybridized carbons (Fsp3) is 0.176. The van der Waals surface area contributed by atoms with Crippen molar-refractivity contribution in [3.05, 3.63) is 64.7 Å². The van der Waals surface area contributed by atoms with Crippen LogP contribution in [-0.2, 0) is 21.4 Å². The lowest BCUT2D eigenvalue weighted by Gasteiger charge is -2.09. The number of amides is 2. The van der Waals surface area contributed by atoms with Crippen LogP contribution >= 0.6 is 11.6 Å². The Morgan fingerprint density at radius 3 is 2.46 bits per heavy atom. The first kappa shape index (κ1) is 19.7. The maximum absolute atomic E-state index is 12.0. The molecule has 9 heteroatoms. The topological polar surface area (TPSA) is 104 Å². The largest absolute Gasteiger partial charge is 0.350 e. The van der Waals surface area contributed by atoms with Crippen molar-refractivity contribution < 1.29 is 18.0 Å². The van der Waals surface area contributed by atoms with Gasteiger partial charge in [-0.05, 0) is 29.8 Å². The van der Waals surface area contributed by atoms with Crippen LogP contribution in [0.2, 0.25) is 5.02 Å². The summed E-state index contributed by atoms with van der Waals surface area (Å²) in [4.78, 5) is 23.9. The second-order valence-corrected chi connectivity index (χ2v) is 7.67. The quantitative estimate of drug-likeness (QED) is 0.664. The predicted molar refractivity (Wildman–Crippen MR) is 101 cm³/mol. The van der Waals surface area contributed by atoms with Crippen LogP contribution in [0.25, 0.3) is 0 Å². The molecule has 0 aliphatic carbocycles. The van der Waals surface area contributed by atoms with Crippen molar-refractivity contribution in [1.82, 2.24) is 10.6 Å². The monoisotopic (exact) mass is 395 g/mol. The molecule has 0 atom stereocenters. The molecular weight excluding hydrogens is 378 g/mol. The molecule has 3 N–H and O–H groups in total. The third-order valence-corrected chi connectivity index (χ3v) is 4.18. The van der Waals surface area contributed by atoms with Gasteiger partial charge in [-0.25, -0.2) is 8.42 Å². The first-order valence-corrected chi connectivity index (χ1v) is 9.88. The van der Waals surface area contributed by atoms with Gasteiger partial charge in [0.15, 0.2) is 0 Å². The zero-order valence-corrected chi connectivity index (χ0v) is 15.5. The minimum Gasteiger partial charge on any atom is -0.350 e. The molecule has 0 radical (unpaired) electrons. The van der Waals surface area contributed by atoms with Gasteiger partial charge in [-0.15, -0.1) is 0 Å². The molecule has 0 spiro atoms. The van der Waals surface area contributed by atoms with Crippen molar-refractivity contribution >= 4 is 39.1 Å². The molecule has 0 heterocycles. The van der Waals surface area contributed by atoms with Gasteiger partial charge in [-0.1, -0.05) is 35.9 Å².